The second-order valence-electron chi connectivity index (χ2n) is 4.32. The maximum atomic E-state index is 11.3. The molecule has 0 aromatic heterocycles. The van der Waals surface area contributed by atoms with Crippen LogP contribution in [0.15, 0.2) is 12.7 Å². The van der Waals surface area contributed by atoms with Crippen molar-refractivity contribution in [3.63, 3.8) is 0 Å². The molecule has 0 bridgehead atoms. The van der Waals surface area contributed by atoms with Crippen LogP contribution in [0.3, 0.4) is 0 Å². The van der Waals surface area contributed by atoms with Gasteiger partial charge in [0.05, 0.1) is 6.42 Å². The molecule has 0 aromatic rings. The second kappa shape index (κ2) is 6.27. The van der Waals surface area contributed by atoms with Crippen molar-refractivity contribution in [3.8, 4) is 0 Å². The number of hydrogen-bond acceptors (Lipinski definition) is 5. The maximum absolute atomic E-state index is 11.3. The molecule has 0 saturated carbocycles. The molecule has 1 atom stereocenters. The first kappa shape index (κ1) is 14.6. The number of rotatable bonds is 5. The van der Waals surface area contributed by atoms with E-state index in [1.165, 1.54) is 6.08 Å². The number of nitrogens with two attached hydrogens (primary N) is 1. The zero-order valence-corrected chi connectivity index (χ0v) is 9.99. The van der Waals surface area contributed by atoms with Gasteiger partial charge in [-0.1, -0.05) is 12.7 Å². The third kappa shape index (κ3) is 7.00. The second-order valence-corrected chi connectivity index (χ2v) is 4.32. The van der Waals surface area contributed by atoms with Gasteiger partial charge in [-0.3, -0.25) is 9.59 Å². The van der Waals surface area contributed by atoms with E-state index in [0.717, 1.165) is 0 Å². The molecule has 92 valence electrons. The van der Waals surface area contributed by atoms with Crippen LogP contribution >= 0.6 is 0 Å². The Bertz CT molecular complexity index is 268. The molecule has 0 saturated heterocycles. The Morgan fingerprint density at radius 3 is 2.44 bits per heavy atom. The van der Waals surface area contributed by atoms with E-state index in [1.54, 1.807) is 20.8 Å². The van der Waals surface area contributed by atoms with Crippen molar-refractivity contribution in [3.05, 3.63) is 12.7 Å². The summed E-state index contributed by atoms with van der Waals surface area (Å²) in [5.74, 6) is -1.15. The molecular weight excluding hydrogens is 210 g/mol. The first-order valence-corrected chi connectivity index (χ1v) is 5.01. The highest BCUT2D eigenvalue weighted by Crippen LogP contribution is 2.09. The van der Waals surface area contributed by atoms with Gasteiger partial charge in [-0.05, 0) is 20.8 Å². The lowest BCUT2D eigenvalue weighted by molar-refractivity contribution is -0.158. The highest BCUT2D eigenvalue weighted by molar-refractivity contribution is 5.82. The van der Waals surface area contributed by atoms with Crippen LogP contribution < -0.4 is 5.73 Å². The molecule has 16 heavy (non-hydrogen) atoms. The summed E-state index contributed by atoms with van der Waals surface area (Å²) < 4.78 is 9.71. The average Bonchev–Trinajstić information content (AvgIpc) is 2.10. The van der Waals surface area contributed by atoms with Gasteiger partial charge in [-0.15, -0.1) is 0 Å². The lowest BCUT2D eigenvalue weighted by Crippen LogP contribution is -2.36. The molecule has 0 aromatic carbocycles. The van der Waals surface area contributed by atoms with Crippen molar-refractivity contribution < 1.29 is 19.1 Å². The van der Waals surface area contributed by atoms with Crippen LogP contribution in [0.5, 0.6) is 0 Å². The maximum Gasteiger partial charge on any atom is 0.323 e. The fraction of sp³-hybridized carbons (Fsp3) is 0.636. The third-order valence-electron chi connectivity index (χ3n) is 1.45. The Morgan fingerprint density at radius 1 is 1.44 bits per heavy atom. The largest absolute Gasteiger partial charge is 0.460 e. The summed E-state index contributed by atoms with van der Waals surface area (Å²) in [7, 11) is 0. The predicted octanol–water partition coefficient (Wildman–Crippen LogP) is 0.775. The van der Waals surface area contributed by atoms with Gasteiger partial charge < -0.3 is 15.2 Å². The summed E-state index contributed by atoms with van der Waals surface area (Å²) in [6.45, 7) is 8.70. The Balaban J connectivity index is 4.04. The monoisotopic (exact) mass is 229 g/mol. The van der Waals surface area contributed by atoms with E-state index in [-0.39, 0.29) is 13.0 Å². The smallest absolute Gasteiger partial charge is 0.323 e. The summed E-state index contributed by atoms with van der Waals surface area (Å²) in [5.41, 5.74) is 4.89. The Labute approximate surface area is 95.6 Å². The molecule has 0 aliphatic heterocycles. The van der Waals surface area contributed by atoms with Gasteiger partial charge in [0.25, 0.3) is 0 Å². The highest BCUT2D eigenvalue weighted by atomic mass is 16.6. The number of esters is 2. The van der Waals surface area contributed by atoms with Gasteiger partial charge in [-0.25, -0.2) is 0 Å². The Hall–Kier alpha value is -1.36. The summed E-state index contributed by atoms with van der Waals surface area (Å²) in [6, 6.07) is -0.991. The molecule has 0 heterocycles. The van der Waals surface area contributed by atoms with E-state index in [1.807, 2.05) is 0 Å². The zero-order valence-electron chi connectivity index (χ0n) is 9.99. The molecule has 0 aliphatic rings. The molecule has 5 heteroatoms. The first-order valence-electron chi connectivity index (χ1n) is 5.01. The van der Waals surface area contributed by atoms with E-state index in [4.69, 9.17) is 15.2 Å². The van der Waals surface area contributed by atoms with Crippen molar-refractivity contribution >= 4 is 11.9 Å². The molecule has 0 unspecified atom stereocenters. The van der Waals surface area contributed by atoms with Gasteiger partial charge in [0.15, 0.2) is 0 Å². The number of hydrogen-bond donors (Lipinski definition) is 1. The van der Waals surface area contributed by atoms with Crippen LogP contribution in [0.25, 0.3) is 0 Å². The van der Waals surface area contributed by atoms with E-state index in [0.29, 0.717) is 0 Å². The minimum atomic E-state index is -0.991. The Kier molecular flexibility index (Phi) is 5.74. The van der Waals surface area contributed by atoms with Gasteiger partial charge in [-0.2, -0.15) is 0 Å². The van der Waals surface area contributed by atoms with E-state index in [2.05, 4.69) is 6.58 Å². The summed E-state index contributed by atoms with van der Waals surface area (Å²) in [5, 5.41) is 0. The SMILES string of the molecule is C=CCOC(=O)[C@@H](N)CC(=O)OC(C)(C)C. The molecule has 2 N–H and O–H groups in total. The van der Waals surface area contributed by atoms with E-state index in [9.17, 15) is 9.59 Å². The van der Waals surface area contributed by atoms with Crippen LogP contribution in [-0.4, -0.2) is 30.2 Å². The fourth-order valence-electron chi connectivity index (χ4n) is 0.894. The minimum Gasteiger partial charge on any atom is -0.460 e. The molecule has 0 radical (unpaired) electrons. The average molecular weight is 229 g/mol. The highest BCUT2D eigenvalue weighted by Gasteiger charge is 2.23. The van der Waals surface area contributed by atoms with Gasteiger partial charge >= 0.3 is 11.9 Å². The van der Waals surface area contributed by atoms with Crippen LogP contribution in [-0.2, 0) is 19.1 Å². The minimum absolute atomic E-state index is 0.0842. The van der Waals surface area contributed by atoms with Crippen molar-refractivity contribution in [2.75, 3.05) is 6.61 Å². The van der Waals surface area contributed by atoms with Crippen LogP contribution in [0.1, 0.15) is 27.2 Å². The Morgan fingerprint density at radius 2 is 2.00 bits per heavy atom. The summed E-state index contributed by atoms with van der Waals surface area (Å²) >= 11 is 0. The molecule has 0 rings (SSSR count). The molecule has 0 amide bonds. The van der Waals surface area contributed by atoms with Gasteiger partial charge in [0.1, 0.15) is 18.2 Å². The topological polar surface area (TPSA) is 78.6 Å². The van der Waals surface area contributed by atoms with Crippen LogP contribution in [0.2, 0.25) is 0 Å². The quantitative estimate of drug-likeness (QED) is 0.556. The van der Waals surface area contributed by atoms with Crippen molar-refractivity contribution in [1.82, 2.24) is 0 Å². The summed E-state index contributed by atoms with van der Waals surface area (Å²) in [4.78, 5) is 22.5. The number of ether oxygens (including phenoxy) is 2. The zero-order chi connectivity index (χ0) is 12.8. The molecule has 0 spiro atoms. The van der Waals surface area contributed by atoms with Crippen molar-refractivity contribution in [1.29, 1.82) is 0 Å². The van der Waals surface area contributed by atoms with E-state index >= 15 is 0 Å². The third-order valence-corrected chi connectivity index (χ3v) is 1.45. The molecule has 0 aliphatic carbocycles. The lowest BCUT2D eigenvalue weighted by atomic mass is 10.2. The van der Waals surface area contributed by atoms with Crippen LogP contribution in [0, 0.1) is 0 Å². The normalized spacial score (nSPS) is 12.8. The van der Waals surface area contributed by atoms with Crippen LogP contribution in [0.4, 0.5) is 0 Å². The van der Waals surface area contributed by atoms with Gasteiger partial charge in [0.2, 0.25) is 0 Å². The fourth-order valence-corrected chi connectivity index (χ4v) is 0.894. The number of carbonyl (C=O) groups excluding carboxylic acids is 2. The van der Waals surface area contributed by atoms with Crippen molar-refractivity contribution in [2.45, 2.75) is 38.8 Å². The first-order chi connectivity index (χ1) is 7.26. The molecule has 0 fully saturated rings. The molecule has 5 nitrogen and oxygen atoms in total. The molecular formula is C11H19NO4. The standard InChI is InChI=1S/C11H19NO4/c1-5-6-15-10(14)8(12)7-9(13)16-11(2,3)4/h5,8H,1,6-7,12H2,2-4H3/t8-/m0/s1. The summed E-state index contributed by atoms with van der Waals surface area (Å²) in [6.07, 6.45) is 1.24. The van der Waals surface area contributed by atoms with Crippen molar-refractivity contribution in [2.24, 2.45) is 5.73 Å². The predicted molar refractivity (Wildman–Crippen MR) is 59.6 cm³/mol. The van der Waals surface area contributed by atoms with E-state index < -0.39 is 23.6 Å². The number of carbonyl (C=O) groups is 2. The lowest BCUT2D eigenvalue weighted by Gasteiger charge is -2.20. The van der Waals surface area contributed by atoms with Gasteiger partial charge in [0, 0.05) is 0 Å².